The highest BCUT2D eigenvalue weighted by Gasteiger charge is 2.08. The van der Waals surface area contributed by atoms with Crippen LogP contribution in [0.3, 0.4) is 0 Å². The Labute approximate surface area is 95.9 Å². The zero-order valence-electron chi connectivity index (χ0n) is 9.26. The summed E-state index contributed by atoms with van der Waals surface area (Å²) in [5, 5.41) is 0. The Morgan fingerprint density at radius 1 is 1.29 bits per heavy atom. The highest BCUT2D eigenvalue weighted by atomic mass is 79.9. The summed E-state index contributed by atoms with van der Waals surface area (Å²) in [6.07, 6.45) is 2.33. The summed E-state index contributed by atoms with van der Waals surface area (Å²) in [5.41, 5.74) is 2.91. The molecule has 14 heavy (non-hydrogen) atoms. The maximum Gasteiger partial charge on any atom is 0.0123 e. The minimum absolute atomic E-state index is 0.600. The normalized spacial score (nSPS) is 15.1. The molecule has 78 valence electrons. The van der Waals surface area contributed by atoms with E-state index in [-0.39, 0.29) is 0 Å². The van der Waals surface area contributed by atoms with Crippen molar-refractivity contribution in [3.05, 3.63) is 35.4 Å². The van der Waals surface area contributed by atoms with E-state index in [0.29, 0.717) is 10.7 Å². The molecular weight excluding hydrogens is 236 g/mol. The molecule has 0 aliphatic rings. The minimum atomic E-state index is 0.600. The van der Waals surface area contributed by atoms with Gasteiger partial charge in [0, 0.05) is 4.83 Å². The number of hydrogen-bond acceptors (Lipinski definition) is 0. The summed E-state index contributed by atoms with van der Waals surface area (Å²) in [6, 6.07) is 8.94. The first-order valence-electron chi connectivity index (χ1n) is 5.36. The van der Waals surface area contributed by atoms with Crippen LogP contribution >= 0.6 is 15.9 Å². The number of alkyl halides is 1. The second-order valence-electron chi connectivity index (χ2n) is 4.02. The average molecular weight is 255 g/mol. The van der Waals surface area contributed by atoms with E-state index in [0.717, 1.165) is 6.42 Å². The van der Waals surface area contributed by atoms with Crippen LogP contribution in [-0.2, 0) is 6.42 Å². The number of rotatable bonds is 4. The lowest BCUT2D eigenvalue weighted by Crippen LogP contribution is -2.00. The first kappa shape index (κ1) is 11.8. The van der Waals surface area contributed by atoms with E-state index in [1.807, 2.05) is 0 Å². The smallest absolute Gasteiger partial charge is 0.0123 e. The lowest BCUT2D eigenvalue weighted by molar-refractivity contribution is 0.681. The van der Waals surface area contributed by atoms with Crippen molar-refractivity contribution in [1.29, 1.82) is 0 Å². The molecule has 0 bridgehead atoms. The fourth-order valence-electron chi connectivity index (χ4n) is 1.74. The van der Waals surface area contributed by atoms with Crippen molar-refractivity contribution < 1.29 is 0 Å². The number of halogens is 1. The van der Waals surface area contributed by atoms with Gasteiger partial charge in [-0.3, -0.25) is 0 Å². The summed E-state index contributed by atoms with van der Waals surface area (Å²) in [6.45, 7) is 6.71. The SMILES string of the molecule is CCc1cccc(C(C)CC(C)Br)c1. The van der Waals surface area contributed by atoms with Gasteiger partial charge in [-0.05, 0) is 29.9 Å². The molecule has 1 heteroatoms. The van der Waals surface area contributed by atoms with Crippen LogP contribution in [0, 0.1) is 0 Å². The van der Waals surface area contributed by atoms with Crippen LogP contribution in [0.25, 0.3) is 0 Å². The summed E-state index contributed by atoms with van der Waals surface area (Å²) in [4.78, 5) is 0.600. The van der Waals surface area contributed by atoms with Crippen molar-refractivity contribution >= 4 is 15.9 Å². The fraction of sp³-hybridized carbons (Fsp3) is 0.538. The third-order valence-electron chi connectivity index (χ3n) is 2.61. The summed E-state index contributed by atoms with van der Waals surface area (Å²) >= 11 is 3.61. The van der Waals surface area contributed by atoms with Gasteiger partial charge in [0.1, 0.15) is 0 Å². The fourth-order valence-corrected chi connectivity index (χ4v) is 2.30. The molecule has 2 atom stereocenters. The molecule has 0 amide bonds. The van der Waals surface area contributed by atoms with E-state index < -0.39 is 0 Å². The van der Waals surface area contributed by atoms with Crippen LogP contribution in [0.5, 0.6) is 0 Å². The van der Waals surface area contributed by atoms with Crippen molar-refractivity contribution in [1.82, 2.24) is 0 Å². The van der Waals surface area contributed by atoms with Crippen LogP contribution in [0.2, 0.25) is 0 Å². The molecule has 2 unspecified atom stereocenters. The summed E-state index contributed by atoms with van der Waals surface area (Å²) in [5.74, 6) is 0.649. The van der Waals surface area contributed by atoms with Crippen molar-refractivity contribution in [2.24, 2.45) is 0 Å². The predicted molar refractivity (Wildman–Crippen MR) is 67.2 cm³/mol. The quantitative estimate of drug-likeness (QED) is 0.693. The molecule has 0 heterocycles. The standard InChI is InChI=1S/C13H19Br/c1-4-12-6-5-7-13(9-12)10(2)8-11(3)14/h5-7,9-11H,4,8H2,1-3H3. The highest BCUT2D eigenvalue weighted by Crippen LogP contribution is 2.24. The second-order valence-corrected chi connectivity index (χ2v) is 5.58. The molecular formula is C13H19Br. The van der Waals surface area contributed by atoms with Gasteiger partial charge in [-0.15, -0.1) is 0 Å². The molecule has 1 aromatic rings. The topological polar surface area (TPSA) is 0 Å². The van der Waals surface area contributed by atoms with Crippen molar-refractivity contribution in [2.75, 3.05) is 0 Å². The number of benzene rings is 1. The van der Waals surface area contributed by atoms with E-state index >= 15 is 0 Å². The molecule has 1 rings (SSSR count). The van der Waals surface area contributed by atoms with Crippen LogP contribution in [-0.4, -0.2) is 4.83 Å². The van der Waals surface area contributed by atoms with Gasteiger partial charge in [-0.2, -0.15) is 0 Å². The van der Waals surface area contributed by atoms with Gasteiger partial charge in [0.15, 0.2) is 0 Å². The molecule has 0 N–H and O–H groups in total. The highest BCUT2D eigenvalue weighted by molar-refractivity contribution is 9.09. The van der Waals surface area contributed by atoms with Gasteiger partial charge in [-0.1, -0.05) is 61.0 Å². The molecule has 0 aromatic heterocycles. The predicted octanol–water partition coefficient (Wildman–Crippen LogP) is 4.53. The summed E-state index contributed by atoms with van der Waals surface area (Å²) in [7, 11) is 0. The first-order chi connectivity index (χ1) is 6.63. The molecule has 0 nitrogen and oxygen atoms in total. The van der Waals surface area contributed by atoms with Gasteiger partial charge in [-0.25, -0.2) is 0 Å². The Kier molecular flexibility index (Phi) is 4.67. The first-order valence-corrected chi connectivity index (χ1v) is 6.28. The Morgan fingerprint density at radius 2 is 2.00 bits per heavy atom. The minimum Gasteiger partial charge on any atom is -0.0893 e. The van der Waals surface area contributed by atoms with Gasteiger partial charge >= 0.3 is 0 Å². The van der Waals surface area contributed by atoms with E-state index in [1.165, 1.54) is 17.5 Å². The van der Waals surface area contributed by atoms with Gasteiger partial charge in [0.25, 0.3) is 0 Å². The second kappa shape index (κ2) is 5.55. The van der Waals surface area contributed by atoms with Gasteiger partial charge in [0.2, 0.25) is 0 Å². The zero-order chi connectivity index (χ0) is 10.6. The third-order valence-corrected chi connectivity index (χ3v) is 2.98. The van der Waals surface area contributed by atoms with Crippen molar-refractivity contribution in [3.63, 3.8) is 0 Å². The van der Waals surface area contributed by atoms with E-state index in [2.05, 4.69) is 61.0 Å². The Bertz CT molecular complexity index is 278. The molecule has 0 aliphatic carbocycles. The average Bonchev–Trinajstić information content (AvgIpc) is 2.17. The molecule has 0 saturated carbocycles. The zero-order valence-corrected chi connectivity index (χ0v) is 10.8. The maximum absolute atomic E-state index is 3.61. The molecule has 0 fully saturated rings. The molecule has 0 radical (unpaired) electrons. The summed E-state index contributed by atoms with van der Waals surface area (Å²) < 4.78 is 0. The Balaban J connectivity index is 2.73. The van der Waals surface area contributed by atoms with E-state index in [4.69, 9.17) is 0 Å². The molecule has 0 aliphatic heterocycles. The van der Waals surface area contributed by atoms with Gasteiger partial charge < -0.3 is 0 Å². The van der Waals surface area contributed by atoms with Crippen LogP contribution in [0.4, 0.5) is 0 Å². The number of aryl methyl sites for hydroxylation is 1. The van der Waals surface area contributed by atoms with E-state index in [9.17, 15) is 0 Å². The monoisotopic (exact) mass is 254 g/mol. The molecule has 0 spiro atoms. The molecule has 0 saturated heterocycles. The molecule has 1 aromatic carbocycles. The van der Waals surface area contributed by atoms with Crippen LogP contribution in [0.1, 0.15) is 44.2 Å². The van der Waals surface area contributed by atoms with Crippen LogP contribution < -0.4 is 0 Å². The van der Waals surface area contributed by atoms with Crippen molar-refractivity contribution in [2.45, 2.75) is 44.4 Å². The largest absolute Gasteiger partial charge is 0.0893 e. The lowest BCUT2D eigenvalue weighted by Gasteiger charge is -2.14. The lowest BCUT2D eigenvalue weighted by atomic mass is 9.94. The maximum atomic E-state index is 3.61. The van der Waals surface area contributed by atoms with Crippen molar-refractivity contribution in [3.8, 4) is 0 Å². The van der Waals surface area contributed by atoms with E-state index in [1.54, 1.807) is 0 Å². The third kappa shape index (κ3) is 3.45. The Morgan fingerprint density at radius 3 is 2.57 bits per heavy atom. The Hall–Kier alpha value is -0.300. The number of hydrogen-bond donors (Lipinski definition) is 0. The van der Waals surface area contributed by atoms with Crippen LogP contribution in [0.15, 0.2) is 24.3 Å². The van der Waals surface area contributed by atoms with Gasteiger partial charge in [0.05, 0.1) is 0 Å².